The molecule has 0 radical (unpaired) electrons. The molecule has 1 fully saturated rings. The first-order valence-electron chi connectivity index (χ1n) is 6.38. The zero-order valence-corrected chi connectivity index (χ0v) is 9.97. The van der Waals surface area contributed by atoms with Crippen molar-refractivity contribution < 1.29 is 5.11 Å². The van der Waals surface area contributed by atoms with Crippen LogP contribution >= 0.6 is 0 Å². The molecule has 3 nitrogen and oxygen atoms in total. The van der Waals surface area contributed by atoms with E-state index in [0.29, 0.717) is 18.6 Å². The van der Waals surface area contributed by atoms with Crippen molar-refractivity contribution in [2.24, 2.45) is 5.92 Å². The Kier molecular flexibility index (Phi) is 6.98. The Morgan fingerprint density at radius 3 is 3.00 bits per heavy atom. The smallest absolute Gasteiger partial charge is 0.0456 e. The molecule has 0 spiro atoms. The maximum absolute atomic E-state index is 8.86. The Labute approximate surface area is 93.6 Å². The largest absolute Gasteiger partial charge is 0.396 e. The van der Waals surface area contributed by atoms with Crippen molar-refractivity contribution in [3.63, 3.8) is 0 Å². The summed E-state index contributed by atoms with van der Waals surface area (Å²) in [4.78, 5) is 0. The molecule has 3 heteroatoms. The third-order valence-corrected chi connectivity index (χ3v) is 3.17. The fourth-order valence-electron chi connectivity index (χ4n) is 2.04. The van der Waals surface area contributed by atoms with Gasteiger partial charge in [0, 0.05) is 19.2 Å². The predicted octanol–water partition coefficient (Wildman–Crippen LogP) is 1.13. The summed E-state index contributed by atoms with van der Waals surface area (Å²) in [6.07, 6.45) is 6.33. The second-order valence-corrected chi connectivity index (χ2v) is 4.78. The quantitative estimate of drug-likeness (QED) is 0.557. The van der Waals surface area contributed by atoms with Crippen LogP contribution in [-0.4, -0.2) is 37.4 Å². The molecule has 90 valence electrons. The molecule has 1 aliphatic rings. The molecule has 0 aliphatic carbocycles. The zero-order chi connectivity index (χ0) is 10.9. The lowest BCUT2D eigenvalue weighted by atomic mass is 10.0. The van der Waals surface area contributed by atoms with Gasteiger partial charge in [-0.3, -0.25) is 0 Å². The highest BCUT2D eigenvalue weighted by atomic mass is 16.3. The Bertz CT molecular complexity index is 147. The fourth-order valence-corrected chi connectivity index (χ4v) is 2.04. The predicted molar refractivity (Wildman–Crippen MR) is 64.0 cm³/mol. The maximum atomic E-state index is 8.86. The van der Waals surface area contributed by atoms with Crippen molar-refractivity contribution in [3.8, 4) is 0 Å². The molecular weight excluding hydrogens is 188 g/mol. The minimum atomic E-state index is 0.324. The average Bonchev–Trinajstić information content (AvgIpc) is 2.29. The van der Waals surface area contributed by atoms with Crippen molar-refractivity contribution in [1.82, 2.24) is 10.6 Å². The number of hydrogen-bond acceptors (Lipinski definition) is 3. The summed E-state index contributed by atoms with van der Waals surface area (Å²) < 4.78 is 0. The summed E-state index contributed by atoms with van der Waals surface area (Å²) in [7, 11) is 0. The molecule has 2 atom stereocenters. The number of aliphatic hydroxyl groups is 1. The van der Waals surface area contributed by atoms with Gasteiger partial charge in [0.1, 0.15) is 0 Å². The van der Waals surface area contributed by atoms with E-state index in [-0.39, 0.29) is 0 Å². The van der Waals surface area contributed by atoms with Gasteiger partial charge in [-0.1, -0.05) is 13.3 Å². The van der Waals surface area contributed by atoms with E-state index in [0.717, 1.165) is 19.5 Å². The van der Waals surface area contributed by atoms with Crippen LogP contribution in [0.2, 0.25) is 0 Å². The van der Waals surface area contributed by atoms with Crippen LogP contribution in [0.3, 0.4) is 0 Å². The van der Waals surface area contributed by atoms with E-state index >= 15 is 0 Å². The summed E-state index contributed by atoms with van der Waals surface area (Å²) in [6, 6.07) is 0.689. The van der Waals surface area contributed by atoms with Gasteiger partial charge in [-0.05, 0) is 44.7 Å². The van der Waals surface area contributed by atoms with Crippen LogP contribution < -0.4 is 10.6 Å². The first-order chi connectivity index (χ1) is 7.33. The highest BCUT2D eigenvalue weighted by Crippen LogP contribution is 2.06. The summed E-state index contributed by atoms with van der Waals surface area (Å²) in [5.41, 5.74) is 0. The number of aliphatic hydroxyl groups excluding tert-OH is 1. The van der Waals surface area contributed by atoms with E-state index in [2.05, 4.69) is 17.6 Å². The van der Waals surface area contributed by atoms with E-state index in [9.17, 15) is 0 Å². The second-order valence-electron chi connectivity index (χ2n) is 4.78. The van der Waals surface area contributed by atoms with Crippen LogP contribution in [0.5, 0.6) is 0 Å². The lowest BCUT2D eigenvalue weighted by Gasteiger charge is -2.23. The Balaban J connectivity index is 1.87. The lowest BCUT2D eigenvalue weighted by molar-refractivity contribution is 0.227. The van der Waals surface area contributed by atoms with Gasteiger partial charge in [-0.15, -0.1) is 0 Å². The molecule has 0 aromatic rings. The molecule has 0 aromatic heterocycles. The molecule has 1 aliphatic heterocycles. The molecule has 0 amide bonds. The molecule has 3 N–H and O–H groups in total. The third-order valence-electron chi connectivity index (χ3n) is 3.17. The van der Waals surface area contributed by atoms with Crippen molar-refractivity contribution in [2.45, 2.75) is 45.1 Å². The van der Waals surface area contributed by atoms with Crippen LogP contribution in [-0.2, 0) is 0 Å². The number of rotatable bonds is 7. The van der Waals surface area contributed by atoms with Crippen LogP contribution in [0.1, 0.15) is 39.0 Å². The molecule has 0 aromatic carbocycles. The highest BCUT2D eigenvalue weighted by Gasteiger charge is 2.11. The number of hydrogen-bond donors (Lipinski definition) is 3. The summed E-state index contributed by atoms with van der Waals surface area (Å²) in [5, 5.41) is 15.9. The molecule has 1 saturated heterocycles. The monoisotopic (exact) mass is 214 g/mol. The van der Waals surface area contributed by atoms with E-state index in [1.165, 1.54) is 32.2 Å². The fraction of sp³-hybridized carbons (Fsp3) is 1.00. The molecule has 2 unspecified atom stereocenters. The first-order valence-corrected chi connectivity index (χ1v) is 6.38. The third kappa shape index (κ3) is 6.13. The summed E-state index contributed by atoms with van der Waals surface area (Å²) >= 11 is 0. The van der Waals surface area contributed by atoms with E-state index in [1.807, 2.05) is 0 Å². The van der Waals surface area contributed by atoms with Crippen LogP contribution in [0.25, 0.3) is 0 Å². The Morgan fingerprint density at radius 2 is 2.33 bits per heavy atom. The number of nitrogens with one attached hydrogen (secondary N) is 2. The van der Waals surface area contributed by atoms with Crippen molar-refractivity contribution in [1.29, 1.82) is 0 Å². The maximum Gasteiger partial charge on any atom is 0.0456 e. The summed E-state index contributed by atoms with van der Waals surface area (Å²) in [5.74, 6) is 0.458. The SMILES string of the molecule is CC(CO)CCCNCC1CCCCN1. The van der Waals surface area contributed by atoms with Crippen LogP contribution in [0, 0.1) is 5.92 Å². The van der Waals surface area contributed by atoms with E-state index in [4.69, 9.17) is 5.11 Å². The standard InChI is InChI=1S/C12H26N2O/c1-11(10-15)5-4-7-13-9-12-6-2-3-8-14-12/h11-15H,2-10H2,1H3. The Morgan fingerprint density at radius 1 is 1.47 bits per heavy atom. The molecule has 1 heterocycles. The topological polar surface area (TPSA) is 44.3 Å². The Hall–Kier alpha value is -0.120. The minimum Gasteiger partial charge on any atom is -0.396 e. The van der Waals surface area contributed by atoms with Crippen LogP contribution in [0.15, 0.2) is 0 Å². The highest BCUT2D eigenvalue weighted by molar-refractivity contribution is 4.74. The molecular formula is C12H26N2O. The molecule has 0 bridgehead atoms. The van der Waals surface area contributed by atoms with Gasteiger partial charge >= 0.3 is 0 Å². The normalized spacial score (nSPS) is 24.0. The molecule has 0 saturated carbocycles. The van der Waals surface area contributed by atoms with Gasteiger partial charge in [-0.2, -0.15) is 0 Å². The first kappa shape index (κ1) is 12.9. The van der Waals surface area contributed by atoms with Gasteiger partial charge in [0.15, 0.2) is 0 Å². The average molecular weight is 214 g/mol. The number of piperidine rings is 1. The molecule has 15 heavy (non-hydrogen) atoms. The van der Waals surface area contributed by atoms with Gasteiger partial charge in [0.05, 0.1) is 0 Å². The lowest BCUT2D eigenvalue weighted by Crippen LogP contribution is -2.41. The molecule has 1 rings (SSSR count). The zero-order valence-electron chi connectivity index (χ0n) is 9.97. The van der Waals surface area contributed by atoms with Crippen LogP contribution in [0.4, 0.5) is 0 Å². The van der Waals surface area contributed by atoms with Crippen molar-refractivity contribution >= 4 is 0 Å². The van der Waals surface area contributed by atoms with E-state index in [1.54, 1.807) is 0 Å². The minimum absolute atomic E-state index is 0.324. The van der Waals surface area contributed by atoms with Gasteiger partial charge in [0.2, 0.25) is 0 Å². The summed E-state index contributed by atoms with van der Waals surface area (Å²) in [6.45, 7) is 5.80. The van der Waals surface area contributed by atoms with Gasteiger partial charge < -0.3 is 15.7 Å². The van der Waals surface area contributed by atoms with Gasteiger partial charge in [-0.25, -0.2) is 0 Å². The second kappa shape index (κ2) is 8.08. The van der Waals surface area contributed by atoms with Crippen molar-refractivity contribution in [2.75, 3.05) is 26.2 Å². The van der Waals surface area contributed by atoms with Crippen molar-refractivity contribution in [3.05, 3.63) is 0 Å². The van der Waals surface area contributed by atoms with E-state index < -0.39 is 0 Å². The van der Waals surface area contributed by atoms with Gasteiger partial charge in [0.25, 0.3) is 0 Å².